The van der Waals surface area contributed by atoms with E-state index in [4.69, 9.17) is 0 Å². The first kappa shape index (κ1) is 18.1. The molecule has 122 valence electrons. The SMILES string of the molecule is CCNC(=NCCC(=O)NC(C)C)N1CCSC(C)(C)C1. The van der Waals surface area contributed by atoms with Gasteiger partial charge in [0, 0.05) is 42.6 Å². The van der Waals surface area contributed by atoms with Gasteiger partial charge >= 0.3 is 0 Å². The van der Waals surface area contributed by atoms with Crippen LogP contribution in [-0.2, 0) is 4.79 Å². The van der Waals surface area contributed by atoms with Crippen LogP contribution in [0.2, 0.25) is 0 Å². The Morgan fingerprint density at radius 3 is 2.71 bits per heavy atom. The van der Waals surface area contributed by atoms with Crippen molar-refractivity contribution in [3.05, 3.63) is 0 Å². The van der Waals surface area contributed by atoms with Crippen LogP contribution in [0.3, 0.4) is 0 Å². The Bertz CT molecular complexity index is 369. The summed E-state index contributed by atoms with van der Waals surface area (Å²) >= 11 is 2.01. The van der Waals surface area contributed by atoms with Crippen LogP contribution in [0.25, 0.3) is 0 Å². The molecule has 0 aliphatic carbocycles. The van der Waals surface area contributed by atoms with E-state index in [2.05, 4.69) is 41.3 Å². The molecule has 1 amide bonds. The standard InChI is InChI=1S/C15H30N4OS/c1-6-16-14(17-8-7-13(20)18-12(2)3)19-9-10-21-15(4,5)11-19/h12H,6-11H2,1-5H3,(H,16,17)(H,18,20). The summed E-state index contributed by atoms with van der Waals surface area (Å²) in [7, 11) is 0. The molecule has 21 heavy (non-hydrogen) atoms. The Hall–Kier alpha value is -0.910. The summed E-state index contributed by atoms with van der Waals surface area (Å²) in [5.41, 5.74) is 0. The van der Waals surface area contributed by atoms with Gasteiger partial charge in [0.1, 0.15) is 0 Å². The number of carbonyl (C=O) groups excluding carboxylic acids is 1. The molecular weight excluding hydrogens is 284 g/mol. The maximum absolute atomic E-state index is 11.7. The smallest absolute Gasteiger partial charge is 0.222 e. The normalized spacial score (nSPS) is 18.8. The van der Waals surface area contributed by atoms with Gasteiger partial charge in [0.2, 0.25) is 5.91 Å². The summed E-state index contributed by atoms with van der Waals surface area (Å²) in [5, 5.41) is 6.24. The fourth-order valence-corrected chi connectivity index (χ4v) is 3.39. The zero-order valence-electron chi connectivity index (χ0n) is 14.0. The third-order valence-corrected chi connectivity index (χ3v) is 4.41. The van der Waals surface area contributed by atoms with Crippen molar-refractivity contribution >= 4 is 23.6 Å². The number of guanidine groups is 1. The molecule has 0 aromatic rings. The monoisotopic (exact) mass is 314 g/mol. The highest BCUT2D eigenvalue weighted by atomic mass is 32.2. The van der Waals surface area contributed by atoms with Gasteiger partial charge in [-0.25, -0.2) is 0 Å². The first-order chi connectivity index (χ1) is 9.84. The van der Waals surface area contributed by atoms with Crippen molar-refractivity contribution in [2.45, 2.75) is 51.8 Å². The van der Waals surface area contributed by atoms with Crippen LogP contribution in [0.4, 0.5) is 0 Å². The average Bonchev–Trinajstić information content (AvgIpc) is 2.35. The van der Waals surface area contributed by atoms with E-state index in [1.807, 2.05) is 25.6 Å². The minimum atomic E-state index is 0.0686. The maximum atomic E-state index is 11.7. The molecule has 1 aliphatic rings. The second-order valence-electron chi connectivity index (χ2n) is 6.24. The number of nitrogens with zero attached hydrogens (tertiary/aromatic N) is 2. The van der Waals surface area contributed by atoms with Crippen molar-refractivity contribution in [3.63, 3.8) is 0 Å². The Balaban J connectivity index is 2.55. The molecule has 0 aromatic carbocycles. The third kappa shape index (κ3) is 7.07. The molecule has 1 rings (SSSR count). The van der Waals surface area contributed by atoms with Crippen LogP contribution in [0, 0.1) is 0 Å². The van der Waals surface area contributed by atoms with E-state index in [0.29, 0.717) is 13.0 Å². The molecule has 1 aliphatic heterocycles. The topological polar surface area (TPSA) is 56.7 Å². The second-order valence-corrected chi connectivity index (χ2v) is 8.04. The minimum absolute atomic E-state index is 0.0686. The van der Waals surface area contributed by atoms with E-state index in [9.17, 15) is 4.79 Å². The lowest BCUT2D eigenvalue weighted by molar-refractivity contribution is -0.121. The largest absolute Gasteiger partial charge is 0.357 e. The van der Waals surface area contributed by atoms with E-state index in [1.165, 1.54) is 0 Å². The molecule has 6 heteroatoms. The van der Waals surface area contributed by atoms with Crippen molar-refractivity contribution in [3.8, 4) is 0 Å². The summed E-state index contributed by atoms with van der Waals surface area (Å²) in [6.07, 6.45) is 0.444. The zero-order valence-corrected chi connectivity index (χ0v) is 14.8. The van der Waals surface area contributed by atoms with Gasteiger partial charge in [-0.15, -0.1) is 0 Å². The van der Waals surface area contributed by atoms with Gasteiger partial charge < -0.3 is 15.5 Å². The zero-order chi connectivity index (χ0) is 15.9. The fraction of sp³-hybridized carbons (Fsp3) is 0.867. The van der Waals surface area contributed by atoms with Crippen LogP contribution >= 0.6 is 11.8 Å². The van der Waals surface area contributed by atoms with Gasteiger partial charge in [-0.2, -0.15) is 11.8 Å². The lowest BCUT2D eigenvalue weighted by atomic mass is 10.2. The van der Waals surface area contributed by atoms with E-state index in [0.717, 1.165) is 31.3 Å². The number of amides is 1. The molecule has 2 N–H and O–H groups in total. The van der Waals surface area contributed by atoms with Crippen LogP contribution in [0.15, 0.2) is 4.99 Å². The van der Waals surface area contributed by atoms with Gasteiger partial charge in [-0.1, -0.05) is 0 Å². The molecule has 0 atom stereocenters. The second kappa shape index (κ2) is 8.51. The van der Waals surface area contributed by atoms with Crippen molar-refractivity contribution in [2.75, 3.05) is 31.9 Å². The fourth-order valence-electron chi connectivity index (χ4n) is 2.28. The molecule has 0 unspecified atom stereocenters. The molecule has 0 spiro atoms. The Morgan fingerprint density at radius 2 is 2.14 bits per heavy atom. The Morgan fingerprint density at radius 1 is 1.43 bits per heavy atom. The van der Waals surface area contributed by atoms with Crippen molar-refractivity contribution in [2.24, 2.45) is 4.99 Å². The van der Waals surface area contributed by atoms with Gasteiger partial charge in [-0.05, 0) is 34.6 Å². The molecule has 0 saturated carbocycles. The number of hydrogen-bond donors (Lipinski definition) is 2. The number of aliphatic imine (C=N–C) groups is 1. The predicted molar refractivity (Wildman–Crippen MR) is 92.0 cm³/mol. The molecule has 1 saturated heterocycles. The number of carbonyl (C=O) groups is 1. The quantitative estimate of drug-likeness (QED) is 0.599. The lowest BCUT2D eigenvalue weighted by Gasteiger charge is -2.39. The van der Waals surface area contributed by atoms with E-state index >= 15 is 0 Å². The molecule has 0 bridgehead atoms. The highest BCUT2D eigenvalue weighted by molar-refractivity contribution is 8.00. The highest BCUT2D eigenvalue weighted by Gasteiger charge is 2.28. The van der Waals surface area contributed by atoms with Gasteiger partial charge in [0.05, 0.1) is 6.54 Å². The van der Waals surface area contributed by atoms with E-state index < -0.39 is 0 Å². The number of nitrogens with one attached hydrogen (secondary N) is 2. The first-order valence-electron chi connectivity index (χ1n) is 7.80. The molecule has 1 fully saturated rings. The molecule has 5 nitrogen and oxygen atoms in total. The first-order valence-corrected chi connectivity index (χ1v) is 8.79. The van der Waals surface area contributed by atoms with Crippen molar-refractivity contribution in [1.29, 1.82) is 0 Å². The van der Waals surface area contributed by atoms with Gasteiger partial charge in [0.15, 0.2) is 5.96 Å². The number of thioether (sulfide) groups is 1. The lowest BCUT2D eigenvalue weighted by Crippen LogP contribution is -2.51. The summed E-state index contributed by atoms with van der Waals surface area (Å²) < 4.78 is 0.253. The van der Waals surface area contributed by atoms with Crippen LogP contribution < -0.4 is 10.6 Å². The average molecular weight is 314 g/mol. The predicted octanol–water partition coefficient (Wildman–Crippen LogP) is 1.69. The third-order valence-electron chi connectivity index (χ3n) is 3.11. The van der Waals surface area contributed by atoms with Gasteiger partial charge in [0.25, 0.3) is 0 Å². The van der Waals surface area contributed by atoms with E-state index in [1.54, 1.807) is 0 Å². The Labute approximate surface area is 133 Å². The van der Waals surface area contributed by atoms with Crippen LogP contribution in [0.5, 0.6) is 0 Å². The summed E-state index contributed by atoms with van der Waals surface area (Å²) in [6.45, 7) is 13.9. The van der Waals surface area contributed by atoms with Crippen molar-refractivity contribution in [1.82, 2.24) is 15.5 Å². The highest BCUT2D eigenvalue weighted by Crippen LogP contribution is 2.29. The van der Waals surface area contributed by atoms with E-state index in [-0.39, 0.29) is 16.7 Å². The molecule has 1 heterocycles. The number of rotatable bonds is 5. The van der Waals surface area contributed by atoms with Gasteiger partial charge in [-0.3, -0.25) is 9.79 Å². The molecular formula is C15H30N4OS. The van der Waals surface area contributed by atoms with Crippen LogP contribution in [0.1, 0.15) is 41.0 Å². The van der Waals surface area contributed by atoms with Crippen LogP contribution in [-0.4, -0.2) is 59.5 Å². The summed E-state index contributed by atoms with van der Waals surface area (Å²) in [5.74, 6) is 2.12. The minimum Gasteiger partial charge on any atom is -0.357 e. The maximum Gasteiger partial charge on any atom is 0.222 e. The van der Waals surface area contributed by atoms with Crippen molar-refractivity contribution < 1.29 is 4.79 Å². The molecule has 0 radical (unpaired) electrons. The Kier molecular flexibility index (Phi) is 7.35. The number of hydrogen-bond acceptors (Lipinski definition) is 3. The molecule has 0 aromatic heterocycles. The summed E-state index contributed by atoms with van der Waals surface area (Å²) in [4.78, 5) is 18.6. The summed E-state index contributed by atoms with van der Waals surface area (Å²) in [6, 6.07) is 0.189.